The Kier molecular flexibility index (Phi) is 2.45. The summed E-state index contributed by atoms with van der Waals surface area (Å²) in [5.41, 5.74) is 0.393. The zero-order chi connectivity index (χ0) is 10.1. The van der Waals surface area contributed by atoms with Gasteiger partial charge in [-0.2, -0.15) is 0 Å². The highest BCUT2D eigenvalue weighted by atomic mass is 16.3. The number of aromatic amines is 1. The number of hydrogen-bond acceptors (Lipinski definition) is 2. The van der Waals surface area contributed by atoms with Crippen LogP contribution in [-0.2, 0) is 5.41 Å². The van der Waals surface area contributed by atoms with E-state index in [4.69, 9.17) is 5.11 Å². The molecule has 1 aromatic heterocycles. The zero-order valence-electron chi connectivity index (χ0n) is 8.22. The van der Waals surface area contributed by atoms with Crippen LogP contribution in [0.3, 0.4) is 0 Å². The average molecular weight is 181 g/mol. The topological polar surface area (TPSA) is 53.1 Å². The third kappa shape index (κ3) is 1.91. The van der Waals surface area contributed by atoms with Crippen molar-refractivity contribution in [2.45, 2.75) is 32.6 Å². The van der Waals surface area contributed by atoms with E-state index in [-0.39, 0.29) is 11.2 Å². The SMILES string of the molecule is CCC(C)(C)c1ccc(O)c(=O)[nH]1. The molecule has 3 heteroatoms. The van der Waals surface area contributed by atoms with E-state index in [1.54, 1.807) is 6.07 Å². The molecule has 1 rings (SSSR count). The predicted octanol–water partition coefficient (Wildman–Crippen LogP) is 1.77. The summed E-state index contributed by atoms with van der Waals surface area (Å²) in [6.45, 7) is 6.16. The van der Waals surface area contributed by atoms with Crippen LogP contribution in [0, 0.1) is 0 Å². The minimum Gasteiger partial charge on any atom is -0.503 e. The molecule has 0 saturated carbocycles. The van der Waals surface area contributed by atoms with Crippen molar-refractivity contribution in [2.75, 3.05) is 0 Å². The van der Waals surface area contributed by atoms with Crippen molar-refractivity contribution in [3.63, 3.8) is 0 Å². The first-order valence-electron chi connectivity index (χ1n) is 4.40. The highest BCUT2D eigenvalue weighted by Gasteiger charge is 2.19. The van der Waals surface area contributed by atoms with Crippen LogP contribution in [0.15, 0.2) is 16.9 Å². The first-order valence-corrected chi connectivity index (χ1v) is 4.40. The number of aromatic hydroxyl groups is 1. The maximum absolute atomic E-state index is 11.1. The van der Waals surface area contributed by atoms with E-state index in [9.17, 15) is 4.79 Å². The van der Waals surface area contributed by atoms with Crippen LogP contribution in [0.25, 0.3) is 0 Å². The van der Waals surface area contributed by atoms with Gasteiger partial charge in [-0.05, 0) is 18.6 Å². The van der Waals surface area contributed by atoms with Gasteiger partial charge in [-0.3, -0.25) is 4.79 Å². The van der Waals surface area contributed by atoms with E-state index >= 15 is 0 Å². The summed E-state index contributed by atoms with van der Waals surface area (Å²) in [6.07, 6.45) is 0.938. The molecule has 13 heavy (non-hydrogen) atoms. The smallest absolute Gasteiger partial charge is 0.290 e. The number of aromatic nitrogens is 1. The van der Waals surface area contributed by atoms with E-state index in [0.29, 0.717) is 0 Å². The molecule has 3 nitrogen and oxygen atoms in total. The first-order chi connectivity index (χ1) is 5.97. The Balaban J connectivity index is 3.18. The molecule has 0 amide bonds. The normalized spacial score (nSPS) is 11.6. The van der Waals surface area contributed by atoms with Crippen molar-refractivity contribution >= 4 is 0 Å². The Labute approximate surface area is 77.4 Å². The van der Waals surface area contributed by atoms with Gasteiger partial charge < -0.3 is 10.1 Å². The molecule has 0 radical (unpaired) electrons. The van der Waals surface area contributed by atoms with Gasteiger partial charge in [0.15, 0.2) is 5.75 Å². The Morgan fingerprint density at radius 2 is 2.08 bits per heavy atom. The van der Waals surface area contributed by atoms with Gasteiger partial charge in [0.1, 0.15) is 0 Å². The fourth-order valence-electron chi connectivity index (χ4n) is 1.05. The molecule has 0 aliphatic carbocycles. The minimum atomic E-state index is -0.418. The molecule has 1 aromatic rings. The predicted molar refractivity (Wildman–Crippen MR) is 52.0 cm³/mol. The molecule has 0 aliphatic rings. The number of pyridine rings is 1. The summed E-state index contributed by atoms with van der Waals surface area (Å²) in [5, 5.41) is 9.04. The molecule has 2 N–H and O–H groups in total. The summed E-state index contributed by atoms with van der Waals surface area (Å²) in [7, 11) is 0. The van der Waals surface area contributed by atoms with Gasteiger partial charge in [-0.1, -0.05) is 20.8 Å². The molecule has 0 aromatic carbocycles. The molecule has 0 bridgehead atoms. The van der Waals surface area contributed by atoms with Crippen LogP contribution in [-0.4, -0.2) is 10.1 Å². The van der Waals surface area contributed by atoms with Gasteiger partial charge in [0, 0.05) is 11.1 Å². The molecular weight excluding hydrogens is 166 g/mol. The highest BCUT2D eigenvalue weighted by Crippen LogP contribution is 2.24. The Hall–Kier alpha value is -1.25. The number of nitrogens with one attached hydrogen (secondary N) is 1. The lowest BCUT2D eigenvalue weighted by atomic mass is 9.86. The lowest BCUT2D eigenvalue weighted by Crippen LogP contribution is -2.21. The Morgan fingerprint density at radius 3 is 2.54 bits per heavy atom. The largest absolute Gasteiger partial charge is 0.503 e. The van der Waals surface area contributed by atoms with Crippen LogP contribution in [0.5, 0.6) is 5.75 Å². The molecule has 1 heterocycles. The molecule has 72 valence electrons. The van der Waals surface area contributed by atoms with Crippen molar-refractivity contribution in [3.8, 4) is 5.75 Å². The van der Waals surface area contributed by atoms with E-state index in [1.807, 2.05) is 0 Å². The van der Waals surface area contributed by atoms with E-state index < -0.39 is 5.56 Å². The van der Waals surface area contributed by atoms with Gasteiger partial charge >= 0.3 is 0 Å². The quantitative estimate of drug-likeness (QED) is 0.730. The molecule has 0 aliphatic heterocycles. The maximum atomic E-state index is 11.1. The molecular formula is C10H15NO2. The van der Waals surface area contributed by atoms with Crippen LogP contribution >= 0.6 is 0 Å². The van der Waals surface area contributed by atoms with E-state index in [0.717, 1.165) is 12.1 Å². The lowest BCUT2D eigenvalue weighted by molar-refractivity contribution is 0.455. The summed E-state index contributed by atoms with van der Waals surface area (Å²) in [4.78, 5) is 13.8. The van der Waals surface area contributed by atoms with Crippen LogP contribution in [0.2, 0.25) is 0 Å². The van der Waals surface area contributed by atoms with Crippen LogP contribution in [0.4, 0.5) is 0 Å². The lowest BCUT2D eigenvalue weighted by Gasteiger charge is -2.22. The summed E-state index contributed by atoms with van der Waals surface area (Å²) in [5.74, 6) is -0.226. The second-order valence-electron chi connectivity index (χ2n) is 3.82. The van der Waals surface area contributed by atoms with Crippen molar-refractivity contribution in [1.82, 2.24) is 4.98 Å². The number of H-pyrrole nitrogens is 1. The summed E-state index contributed by atoms with van der Waals surface area (Å²) >= 11 is 0. The van der Waals surface area contributed by atoms with Gasteiger partial charge in [-0.15, -0.1) is 0 Å². The zero-order valence-corrected chi connectivity index (χ0v) is 8.22. The number of hydrogen-bond donors (Lipinski definition) is 2. The monoisotopic (exact) mass is 181 g/mol. The highest BCUT2D eigenvalue weighted by molar-refractivity contribution is 5.22. The first kappa shape index (κ1) is 9.84. The van der Waals surface area contributed by atoms with Crippen molar-refractivity contribution < 1.29 is 5.11 Å². The molecule has 0 atom stereocenters. The third-order valence-electron chi connectivity index (χ3n) is 2.50. The molecule has 0 fully saturated rings. The second-order valence-corrected chi connectivity index (χ2v) is 3.82. The molecule has 0 saturated heterocycles. The van der Waals surface area contributed by atoms with Crippen LogP contribution in [0.1, 0.15) is 32.9 Å². The second kappa shape index (κ2) is 3.24. The third-order valence-corrected chi connectivity index (χ3v) is 2.50. The van der Waals surface area contributed by atoms with Gasteiger partial charge in [-0.25, -0.2) is 0 Å². The van der Waals surface area contributed by atoms with Gasteiger partial charge in [0.05, 0.1) is 0 Å². The fraction of sp³-hybridized carbons (Fsp3) is 0.500. The van der Waals surface area contributed by atoms with Gasteiger partial charge in [0.25, 0.3) is 5.56 Å². The summed E-state index contributed by atoms with van der Waals surface area (Å²) in [6, 6.07) is 3.19. The van der Waals surface area contributed by atoms with E-state index in [1.165, 1.54) is 6.07 Å². The van der Waals surface area contributed by atoms with E-state index in [2.05, 4.69) is 25.8 Å². The standard InChI is InChI=1S/C10H15NO2/c1-4-10(2,3)8-6-5-7(12)9(13)11-8/h5-6,12H,4H2,1-3H3,(H,11,13). The maximum Gasteiger partial charge on any atom is 0.290 e. The van der Waals surface area contributed by atoms with Gasteiger partial charge in [0.2, 0.25) is 0 Å². The van der Waals surface area contributed by atoms with Crippen molar-refractivity contribution in [3.05, 3.63) is 28.2 Å². The Bertz CT molecular complexity index is 352. The Morgan fingerprint density at radius 1 is 1.46 bits per heavy atom. The molecule has 0 spiro atoms. The van der Waals surface area contributed by atoms with Crippen molar-refractivity contribution in [2.24, 2.45) is 0 Å². The average Bonchev–Trinajstić information content (AvgIpc) is 2.09. The fourth-order valence-corrected chi connectivity index (χ4v) is 1.05. The molecule has 0 unspecified atom stereocenters. The van der Waals surface area contributed by atoms with Crippen molar-refractivity contribution in [1.29, 1.82) is 0 Å². The minimum absolute atomic E-state index is 0.0488. The number of rotatable bonds is 2. The van der Waals surface area contributed by atoms with Crippen LogP contribution < -0.4 is 5.56 Å². The summed E-state index contributed by atoms with van der Waals surface area (Å²) < 4.78 is 0.